The maximum absolute atomic E-state index is 6.28. The van der Waals surface area contributed by atoms with Crippen LogP contribution in [0.1, 0.15) is 77.0 Å². The number of hydrogen-bond donors (Lipinski definition) is 1. The molecule has 4 aliphatic carbocycles. The van der Waals surface area contributed by atoms with E-state index >= 15 is 0 Å². The predicted molar refractivity (Wildman–Crippen MR) is 111 cm³/mol. The van der Waals surface area contributed by atoms with Gasteiger partial charge in [0.2, 0.25) is 0 Å². The van der Waals surface area contributed by atoms with Crippen LogP contribution in [0.4, 0.5) is 0 Å². The lowest BCUT2D eigenvalue weighted by molar-refractivity contribution is 0.0654. The van der Waals surface area contributed by atoms with E-state index in [2.05, 4.69) is 17.5 Å². The average Bonchev–Trinajstić information content (AvgIpc) is 2.73. The molecule has 0 bridgehead atoms. The maximum atomic E-state index is 6.28. The van der Waals surface area contributed by atoms with Crippen molar-refractivity contribution in [3.63, 3.8) is 0 Å². The summed E-state index contributed by atoms with van der Waals surface area (Å²) in [6.07, 6.45) is 20.4. The number of allylic oxidation sites excluding steroid dienone is 3. The van der Waals surface area contributed by atoms with Crippen LogP contribution in [0.5, 0.6) is 0 Å². The minimum Gasteiger partial charge on any atom is -0.377 e. The van der Waals surface area contributed by atoms with Gasteiger partial charge in [0.1, 0.15) is 0 Å². The summed E-state index contributed by atoms with van der Waals surface area (Å²) in [7, 11) is 1.88. The highest BCUT2D eigenvalue weighted by atomic mass is 16.5. The third-order valence-electron chi connectivity index (χ3n) is 7.02. The van der Waals surface area contributed by atoms with Crippen molar-refractivity contribution in [3.8, 4) is 0 Å². The van der Waals surface area contributed by atoms with Gasteiger partial charge in [-0.1, -0.05) is 23.3 Å². The van der Waals surface area contributed by atoms with Crippen molar-refractivity contribution in [2.24, 2.45) is 0 Å². The monoisotopic (exact) mass is 371 g/mol. The molecule has 3 nitrogen and oxygen atoms in total. The molecule has 0 radical (unpaired) electrons. The first-order valence-corrected chi connectivity index (χ1v) is 11.3. The minimum absolute atomic E-state index is 0.359. The molecule has 0 saturated carbocycles. The second-order valence-corrected chi connectivity index (χ2v) is 8.74. The normalized spacial score (nSPS) is 31.1. The third kappa shape index (κ3) is 4.75. The zero-order chi connectivity index (χ0) is 18.5. The Balaban J connectivity index is 1.18. The summed E-state index contributed by atoms with van der Waals surface area (Å²) >= 11 is 0. The van der Waals surface area contributed by atoms with Crippen LogP contribution in [-0.2, 0) is 9.47 Å². The SMILES string of the molecule is COC1CCCC2=C1CC(NCCCOC1CCCC3=C1C=CCC3)CC2. The molecule has 0 heterocycles. The van der Waals surface area contributed by atoms with Crippen molar-refractivity contribution in [2.45, 2.75) is 95.3 Å². The highest BCUT2D eigenvalue weighted by Crippen LogP contribution is 2.37. The summed E-state index contributed by atoms with van der Waals surface area (Å²) in [6, 6.07) is 0.629. The van der Waals surface area contributed by atoms with Crippen LogP contribution in [0.25, 0.3) is 0 Å². The lowest BCUT2D eigenvalue weighted by Gasteiger charge is -2.35. The summed E-state index contributed by atoms with van der Waals surface area (Å²) in [5.74, 6) is 0. The summed E-state index contributed by atoms with van der Waals surface area (Å²) in [5, 5.41) is 3.80. The summed E-state index contributed by atoms with van der Waals surface area (Å²) < 4.78 is 12.0. The standard InChI is InChI=1S/C24H37NO2/c1-26-23-11-4-9-19-13-14-20(17-22(19)23)25-15-6-16-27-24-12-5-8-18-7-2-3-10-21(18)24/h3,10,20,23-25H,2,4-9,11-17H2,1H3. The van der Waals surface area contributed by atoms with Crippen LogP contribution in [-0.4, -0.2) is 38.5 Å². The van der Waals surface area contributed by atoms with E-state index in [4.69, 9.17) is 9.47 Å². The van der Waals surface area contributed by atoms with Gasteiger partial charge in [-0.3, -0.25) is 0 Å². The van der Waals surface area contributed by atoms with Crippen LogP contribution in [0.15, 0.2) is 34.4 Å². The first kappa shape index (κ1) is 19.4. The molecule has 27 heavy (non-hydrogen) atoms. The maximum Gasteiger partial charge on any atom is 0.0824 e. The van der Waals surface area contributed by atoms with Crippen LogP contribution in [0.2, 0.25) is 0 Å². The van der Waals surface area contributed by atoms with E-state index in [-0.39, 0.29) is 0 Å². The molecule has 3 heteroatoms. The van der Waals surface area contributed by atoms with Gasteiger partial charge in [-0.25, -0.2) is 0 Å². The van der Waals surface area contributed by atoms with E-state index in [0.29, 0.717) is 18.2 Å². The molecule has 0 spiro atoms. The zero-order valence-electron chi connectivity index (χ0n) is 17.1. The van der Waals surface area contributed by atoms with Crippen molar-refractivity contribution < 1.29 is 9.47 Å². The lowest BCUT2D eigenvalue weighted by atomic mass is 9.78. The minimum atomic E-state index is 0.359. The number of hydrogen-bond acceptors (Lipinski definition) is 3. The second kappa shape index (κ2) is 9.54. The molecule has 3 unspecified atom stereocenters. The van der Waals surface area contributed by atoms with E-state index in [1.165, 1.54) is 76.2 Å². The van der Waals surface area contributed by atoms with Crippen molar-refractivity contribution >= 4 is 0 Å². The van der Waals surface area contributed by atoms with Gasteiger partial charge in [0, 0.05) is 19.8 Å². The fourth-order valence-electron chi connectivity index (χ4n) is 5.54. The Morgan fingerprint density at radius 3 is 2.74 bits per heavy atom. The second-order valence-electron chi connectivity index (χ2n) is 8.74. The molecule has 4 aliphatic rings. The van der Waals surface area contributed by atoms with E-state index in [1.807, 2.05) is 7.11 Å². The van der Waals surface area contributed by atoms with Crippen molar-refractivity contribution in [3.05, 3.63) is 34.4 Å². The molecule has 0 aromatic carbocycles. The summed E-state index contributed by atoms with van der Waals surface area (Å²) in [5.41, 5.74) is 6.50. The quantitative estimate of drug-likeness (QED) is 0.491. The molecule has 0 aromatic rings. The number of ether oxygens (including phenoxy) is 2. The molecule has 1 N–H and O–H groups in total. The van der Waals surface area contributed by atoms with Gasteiger partial charge < -0.3 is 14.8 Å². The smallest absolute Gasteiger partial charge is 0.0824 e. The molecule has 150 valence electrons. The van der Waals surface area contributed by atoms with Gasteiger partial charge in [0.25, 0.3) is 0 Å². The van der Waals surface area contributed by atoms with Gasteiger partial charge in [-0.15, -0.1) is 0 Å². The lowest BCUT2D eigenvalue weighted by Crippen LogP contribution is -2.36. The van der Waals surface area contributed by atoms with Crippen LogP contribution < -0.4 is 5.32 Å². The van der Waals surface area contributed by atoms with Gasteiger partial charge in [-0.05, 0) is 94.7 Å². The third-order valence-corrected chi connectivity index (χ3v) is 7.02. The highest BCUT2D eigenvalue weighted by Gasteiger charge is 2.29. The molecular formula is C24H37NO2. The molecule has 4 rings (SSSR count). The molecule has 3 atom stereocenters. The van der Waals surface area contributed by atoms with Crippen LogP contribution in [0, 0.1) is 0 Å². The van der Waals surface area contributed by atoms with Gasteiger partial charge in [0.15, 0.2) is 0 Å². The molecule has 0 saturated heterocycles. The average molecular weight is 372 g/mol. The first-order valence-electron chi connectivity index (χ1n) is 11.3. The Morgan fingerprint density at radius 1 is 1.00 bits per heavy atom. The Labute approximate surface area is 165 Å². The summed E-state index contributed by atoms with van der Waals surface area (Å²) in [6.45, 7) is 1.95. The summed E-state index contributed by atoms with van der Waals surface area (Å²) in [4.78, 5) is 0. The fraction of sp³-hybridized carbons (Fsp3) is 0.750. The highest BCUT2D eigenvalue weighted by molar-refractivity contribution is 5.34. The molecular weight excluding hydrogens is 334 g/mol. The van der Waals surface area contributed by atoms with E-state index in [9.17, 15) is 0 Å². The number of methoxy groups -OCH3 is 1. The van der Waals surface area contributed by atoms with Gasteiger partial charge in [-0.2, -0.15) is 0 Å². The van der Waals surface area contributed by atoms with Crippen molar-refractivity contribution in [2.75, 3.05) is 20.3 Å². The zero-order valence-corrected chi connectivity index (χ0v) is 17.1. The molecule has 0 aromatic heterocycles. The van der Waals surface area contributed by atoms with E-state index < -0.39 is 0 Å². The van der Waals surface area contributed by atoms with Crippen LogP contribution in [0.3, 0.4) is 0 Å². The largest absolute Gasteiger partial charge is 0.377 e. The van der Waals surface area contributed by atoms with Gasteiger partial charge in [0.05, 0.1) is 12.2 Å². The van der Waals surface area contributed by atoms with Gasteiger partial charge >= 0.3 is 0 Å². The Bertz CT molecular complexity index is 604. The molecule has 0 fully saturated rings. The topological polar surface area (TPSA) is 30.5 Å². The Hall–Kier alpha value is -0.900. The van der Waals surface area contributed by atoms with Crippen LogP contribution >= 0.6 is 0 Å². The van der Waals surface area contributed by atoms with E-state index in [1.54, 1.807) is 16.7 Å². The Morgan fingerprint density at radius 2 is 1.85 bits per heavy atom. The number of nitrogens with one attached hydrogen (secondary N) is 1. The first-order chi connectivity index (χ1) is 13.3. The number of rotatable bonds is 7. The van der Waals surface area contributed by atoms with Crippen molar-refractivity contribution in [1.29, 1.82) is 0 Å². The predicted octanol–water partition coefficient (Wildman–Crippen LogP) is 5.23. The van der Waals surface area contributed by atoms with Crippen molar-refractivity contribution in [1.82, 2.24) is 5.32 Å². The van der Waals surface area contributed by atoms with E-state index in [0.717, 1.165) is 19.6 Å². The molecule has 0 aliphatic heterocycles. The fourth-order valence-corrected chi connectivity index (χ4v) is 5.54. The molecule has 0 amide bonds. The Kier molecular flexibility index (Phi) is 6.86.